The molecule has 3 amide bonds. The van der Waals surface area contributed by atoms with Crippen molar-refractivity contribution < 1.29 is 39.3 Å². The molecule has 0 radical (unpaired) electrons. The Balaban J connectivity index is 2.75. The quantitative estimate of drug-likeness (QED) is 0.178. The number of hydrogen-bond donors (Lipinski definition) is 7. The molecule has 0 saturated heterocycles. The van der Waals surface area contributed by atoms with Crippen LogP contribution in [0.2, 0.25) is 0 Å². The number of carboxylic acids is 2. The zero-order chi connectivity index (χ0) is 25.1. The minimum Gasteiger partial charge on any atom is -0.481 e. The fourth-order valence-corrected chi connectivity index (χ4v) is 2.79. The van der Waals surface area contributed by atoms with Gasteiger partial charge < -0.3 is 37.0 Å². The molecule has 1 aromatic rings. The number of carboxylic acid groups (broad SMARTS) is 2. The van der Waals surface area contributed by atoms with Gasteiger partial charge in [0.25, 0.3) is 0 Å². The summed E-state index contributed by atoms with van der Waals surface area (Å²) in [5.74, 6) is -4.92. The van der Waals surface area contributed by atoms with E-state index in [2.05, 4.69) is 16.0 Å². The maximum Gasteiger partial charge on any atom is 0.326 e. The van der Waals surface area contributed by atoms with Gasteiger partial charge in [0, 0.05) is 12.8 Å². The van der Waals surface area contributed by atoms with Crippen molar-refractivity contribution in [3.8, 4) is 0 Å². The first kappa shape index (κ1) is 27.5. The summed E-state index contributed by atoms with van der Waals surface area (Å²) < 4.78 is 0. The van der Waals surface area contributed by atoms with Crippen molar-refractivity contribution in [1.82, 2.24) is 16.0 Å². The Morgan fingerprint density at radius 2 is 1.52 bits per heavy atom. The second kappa shape index (κ2) is 13.1. The second-order valence-electron chi connectivity index (χ2n) is 7.59. The van der Waals surface area contributed by atoms with Gasteiger partial charge in [0.1, 0.15) is 18.1 Å². The van der Waals surface area contributed by atoms with Crippen LogP contribution in [0, 0.1) is 0 Å². The normalized spacial score (nSPS) is 15.3. The van der Waals surface area contributed by atoms with Crippen molar-refractivity contribution in [3.05, 3.63) is 35.9 Å². The molecular formula is C21H30N4O8. The van der Waals surface area contributed by atoms with Crippen LogP contribution in [0.4, 0.5) is 0 Å². The Hall–Kier alpha value is -3.51. The Labute approximate surface area is 190 Å². The van der Waals surface area contributed by atoms with E-state index in [1.54, 1.807) is 30.3 Å². The zero-order valence-electron chi connectivity index (χ0n) is 18.4. The SMILES string of the molecule is CC(NC(=O)C(N)CCC(=O)O)C(=O)NC(C(=O)NC(Cc1ccccc1)C(=O)O)C(C)O. The molecule has 0 aliphatic carbocycles. The number of hydrogen-bond acceptors (Lipinski definition) is 7. The second-order valence-corrected chi connectivity index (χ2v) is 7.59. The van der Waals surface area contributed by atoms with E-state index in [-0.39, 0.29) is 19.3 Å². The Kier molecular flexibility index (Phi) is 11.0. The molecule has 12 nitrogen and oxygen atoms in total. The van der Waals surface area contributed by atoms with E-state index in [0.717, 1.165) is 0 Å². The highest BCUT2D eigenvalue weighted by molar-refractivity contribution is 5.94. The topological polar surface area (TPSA) is 208 Å². The summed E-state index contributed by atoms with van der Waals surface area (Å²) in [5.41, 5.74) is 6.26. The van der Waals surface area contributed by atoms with Crippen molar-refractivity contribution in [3.63, 3.8) is 0 Å². The fraction of sp³-hybridized carbons (Fsp3) is 0.476. The third kappa shape index (κ3) is 9.66. The highest BCUT2D eigenvalue weighted by Crippen LogP contribution is 2.05. The Morgan fingerprint density at radius 1 is 0.909 bits per heavy atom. The lowest BCUT2D eigenvalue weighted by Crippen LogP contribution is -2.59. The third-order valence-electron chi connectivity index (χ3n) is 4.72. The van der Waals surface area contributed by atoms with Crippen molar-refractivity contribution in [2.45, 2.75) is 63.4 Å². The number of aliphatic hydroxyl groups excluding tert-OH is 1. The minimum atomic E-state index is -1.49. The summed E-state index contributed by atoms with van der Waals surface area (Å²) in [6.45, 7) is 2.55. The predicted octanol–water partition coefficient (Wildman–Crippen LogP) is -1.64. The molecule has 0 aliphatic heterocycles. The van der Waals surface area contributed by atoms with Gasteiger partial charge in [0.15, 0.2) is 0 Å². The molecule has 182 valence electrons. The van der Waals surface area contributed by atoms with Crippen LogP contribution in [0.3, 0.4) is 0 Å². The number of aliphatic carboxylic acids is 2. The van der Waals surface area contributed by atoms with E-state index in [0.29, 0.717) is 5.56 Å². The Bertz CT molecular complexity index is 846. The number of aliphatic hydroxyl groups is 1. The molecule has 12 heteroatoms. The largest absolute Gasteiger partial charge is 0.481 e. The van der Waals surface area contributed by atoms with Crippen molar-refractivity contribution >= 4 is 29.7 Å². The van der Waals surface area contributed by atoms with Crippen molar-refractivity contribution in [1.29, 1.82) is 0 Å². The van der Waals surface area contributed by atoms with Crippen molar-refractivity contribution in [2.24, 2.45) is 5.73 Å². The van der Waals surface area contributed by atoms with Crippen LogP contribution >= 0.6 is 0 Å². The summed E-state index contributed by atoms with van der Waals surface area (Å²) in [6, 6.07) is 3.48. The summed E-state index contributed by atoms with van der Waals surface area (Å²) in [5, 5.41) is 34.9. The number of rotatable bonds is 13. The van der Waals surface area contributed by atoms with E-state index in [4.69, 9.17) is 10.8 Å². The standard InChI is InChI=1S/C21H30N4O8/c1-11(23-19(30)14(22)8-9-16(27)28)18(29)25-17(12(2)26)20(31)24-15(21(32)33)10-13-6-4-3-5-7-13/h3-7,11-12,14-15,17,26H,8-10,22H2,1-2H3,(H,23,30)(H,24,31)(H,25,29)(H,27,28)(H,32,33). The van der Waals surface area contributed by atoms with E-state index in [9.17, 15) is 34.2 Å². The number of amides is 3. The summed E-state index contributed by atoms with van der Waals surface area (Å²) in [6.07, 6.45) is -1.84. The van der Waals surface area contributed by atoms with Crippen LogP contribution in [0.15, 0.2) is 30.3 Å². The Morgan fingerprint density at radius 3 is 2.03 bits per heavy atom. The average molecular weight is 466 g/mol. The number of nitrogens with two attached hydrogens (primary N) is 1. The smallest absolute Gasteiger partial charge is 0.326 e. The molecule has 5 unspecified atom stereocenters. The molecule has 0 fully saturated rings. The van der Waals surface area contributed by atoms with Crippen LogP contribution in [0.1, 0.15) is 32.3 Å². The van der Waals surface area contributed by atoms with Crippen LogP contribution < -0.4 is 21.7 Å². The highest BCUT2D eigenvalue weighted by atomic mass is 16.4. The third-order valence-corrected chi connectivity index (χ3v) is 4.72. The van der Waals surface area contributed by atoms with E-state index in [1.807, 2.05) is 0 Å². The van der Waals surface area contributed by atoms with Crippen LogP contribution in [-0.2, 0) is 30.4 Å². The first-order chi connectivity index (χ1) is 15.4. The molecule has 33 heavy (non-hydrogen) atoms. The summed E-state index contributed by atoms with van der Waals surface area (Å²) >= 11 is 0. The maximum absolute atomic E-state index is 12.6. The number of nitrogens with one attached hydrogen (secondary N) is 3. The first-order valence-corrected chi connectivity index (χ1v) is 10.3. The number of benzene rings is 1. The van der Waals surface area contributed by atoms with Gasteiger partial charge in [-0.2, -0.15) is 0 Å². The fourth-order valence-electron chi connectivity index (χ4n) is 2.79. The van der Waals surface area contributed by atoms with Gasteiger partial charge in [0.05, 0.1) is 12.1 Å². The molecule has 1 rings (SSSR count). The van der Waals surface area contributed by atoms with E-state index in [1.165, 1.54) is 13.8 Å². The average Bonchev–Trinajstić information content (AvgIpc) is 2.75. The van der Waals surface area contributed by atoms with Gasteiger partial charge in [-0.3, -0.25) is 19.2 Å². The lowest BCUT2D eigenvalue weighted by atomic mass is 10.0. The highest BCUT2D eigenvalue weighted by Gasteiger charge is 2.31. The molecule has 8 N–H and O–H groups in total. The van der Waals surface area contributed by atoms with Gasteiger partial charge in [-0.05, 0) is 25.8 Å². The first-order valence-electron chi connectivity index (χ1n) is 10.3. The molecule has 1 aromatic carbocycles. The van der Waals surface area contributed by atoms with Gasteiger partial charge >= 0.3 is 11.9 Å². The minimum absolute atomic E-state index is 0.0108. The maximum atomic E-state index is 12.6. The molecule has 0 bridgehead atoms. The van der Waals surface area contributed by atoms with Crippen molar-refractivity contribution in [2.75, 3.05) is 0 Å². The molecule has 0 heterocycles. The van der Waals surface area contributed by atoms with E-state index >= 15 is 0 Å². The molecule has 0 saturated carbocycles. The number of carbonyl (C=O) groups is 5. The van der Waals surface area contributed by atoms with Gasteiger partial charge in [-0.15, -0.1) is 0 Å². The lowest BCUT2D eigenvalue weighted by Gasteiger charge is -2.25. The van der Waals surface area contributed by atoms with E-state index < -0.39 is 59.9 Å². The summed E-state index contributed by atoms with van der Waals surface area (Å²) in [4.78, 5) is 59.2. The molecular weight excluding hydrogens is 436 g/mol. The monoisotopic (exact) mass is 466 g/mol. The number of carbonyl (C=O) groups excluding carboxylic acids is 3. The predicted molar refractivity (Wildman–Crippen MR) is 116 cm³/mol. The molecule has 0 spiro atoms. The summed E-state index contributed by atoms with van der Waals surface area (Å²) in [7, 11) is 0. The zero-order valence-corrected chi connectivity index (χ0v) is 18.4. The van der Waals surface area contributed by atoms with Crippen LogP contribution in [0.25, 0.3) is 0 Å². The lowest BCUT2D eigenvalue weighted by molar-refractivity contribution is -0.143. The van der Waals surface area contributed by atoms with Gasteiger partial charge in [-0.25, -0.2) is 4.79 Å². The van der Waals surface area contributed by atoms with Crippen LogP contribution in [0.5, 0.6) is 0 Å². The van der Waals surface area contributed by atoms with Gasteiger partial charge in [-0.1, -0.05) is 30.3 Å². The molecule has 5 atom stereocenters. The molecule has 0 aromatic heterocycles. The van der Waals surface area contributed by atoms with Crippen LogP contribution in [-0.4, -0.2) is 75.3 Å². The van der Waals surface area contributed by atoms with Gasteiger partial charge in [0.2, 0.25) is 17.7 Å². The molecule has 0 aliphatic rings.